The lowest BCUT2D eigenvalue weighted by atomic mass is 10.3. The van der Waals surface area contributed by atoms with Crippen LogP contribution >= 0.6 is 0 Å². The van der Waals surface area contributed by atoms with E-state index >= 15 is 0 Å². The Kier molecular flexibility index (Phi) is 51.3. The molecule has 1 heteroatoms. The average molecular weight is 160 g/mol. The molecule has 0 spiro atoms. The van der Waals surface area contributed by atoms with Crippen molar-refractivity contribution in [2.24, 2.45) is 0 Å². The van der Waals surface area contributed by atoms with Gasteiger partial charge in [0.15, 0.2) is 0 Å². The molecular weight excluding hydrogens is 136 g/mol. The Morgan fingerprint density at radius 1 is 1.18 bits per heavy atom. The molecule has 0 rings (SSSR count). The van der Waals surface area contributed by atoms with Gasteiger partial charge in [-0.25, -0.2) is 0 Å². The third-order valence-electron chi connectivity index (χ3n) is 0.707. The van der Waals surface area contributed by atoms with E-state index in [4.69, 9.17) is 5.11 Å². The lowest BCUT2D eigenvalue weighted by molar-refractivity contribution is 0.318. The van der Waals surface area contributed by atoms with Gasteiger partial charge in [0, 0.05) is 6.61 Å². The molecule has 0 aliphatic rings. The van der Waals surface area contributed by atoms with Crippen LogP contribution in [0.3, 0.4) is 0 Å². The summed E-state index contributed by atoms with van der Waals surface area (Å²) in [7, 11) is 0. The van der Waals surface area contributed by atoms with Crippen LogP contribution in [0, 0.1) is 0 Å². The number of unbranched alkanes of at least 4 members (excludes halogenated alkanes) is 2. The Balaban J connectivity index is -0.0000000933. The van der Waals surface area contributed by atoms with E-state index in [0.717, 1.165) is 0 Å². The lowest BCUT2D eigenvalue weighted by Gasteiger charge is -1.79. The van der Waals surface area contributed by atoms with Crippen molar-refractivity contribution in [3.8, 4) is 0 Å². The SMILES string of the molecule is C=CC.CCCCC.CCO. The highest BCUT2D eigenvalue weighted by Gasteiger charge is 1.68. The van der Waals surface area contributed by atoms with Crippen LogP contribution in [0.4, 0.5) is 0 Å². The molecule has 0 aromatic rings. The minimum atomic E-state index is 0.250. The van der Waals surface area contributed by atoms with Crippen molar-refractivity contribution in [1.82, 2.24) is 0 Å². The molecule has 0 saturated carbocycles. The molecular formula is C10H24O. The molecule has 0 saturated heterocycles. The highest BCUT2D eigenvalue weighted by atomic mass is 16.2. The second-order valence-corrected chi connectivity index (χ2v) is 2.08. The largest absolute Gasteiger partial charge is 0.397 e. The summed E-state index contributed by atoms with van der Waals surface area (Å²) < 4.78 is 0. The minimum absolute atomic E-state index is 0.250. The van der Waals surface area contributed by atoms with Crippen molar-refractivity contribution in [3.05, 3.63) is 12.7 Å². The fourth-order valence-corrected chi connectivity index (χ4v) is 0.354. The third kappa shape index (κ3) is 199. The van der Waals surface area contributed by atoms with Crippen LogP contribution in [0.15, 0.2) is 12.7 Å². The predicted molar refractivity (Wildman–Crippen MR) is 53.8 cm³/mol. The molecule has 0 amide bonds. The van der Waals surface area contributed by atoms with Crippen LogP contribution in [-0.4, -0.2) is 11.7 Å². The van der Waals surface area contributed by atoms with E-state index in [0.29, 0.717) is 0 Å². The predicted octanol–water partition coefficient (Wildman–Crippen LogP) is 3.39. The van der Waals surface area contributed by atoms with Gasteiger partial charge in [0.2, 0.25) is 0 Å². The van der Waals surface area contributed by atoms with Gasteiger partial charge in [-0.05, 0) is 13.8 Å². The highest BCUT2D eigenvalue weighted by molar-refractivity contribution is 4.51. The van der Waals surface area contributed by atoms with Gasteiger partial charge < -0.3 is 5.11 Å². The zero-order valence-corrected chi connectivity index (χ0v) is 8.56. The monoisotopic (exact) mass is 160 g/mol. The van der Waals surface area contributed by atoms with Crippen molar-refractivity contribution in [3.63, 3.8) is 0 Å². The summed E-state index contributed by atoms with van der Waals surface area (Å²) >= 11 is 0. The summed E-state index contributed by atoms with van der Waals surface area (Å²) in [6.07, 6.45) is 5.83. The van der Waals surface area contributed by atoms with E-state index < -0.39 is 0 Å². The van der Waals surface area contributed by atoms with Crippen molar-refractivity contribution in [2.45, 2.75) is 47.0 Å². The average Bonchev–Trinajstić information content (AvgIpc) is 1.92. The van der Waals surface area contributed by atoms with Gasteiger partial charge >= 0.3 is 0 Å². The molecule has 1 N–H and O–H groups in total. The Labute approximate surface area is 72.1 Å². The first-order valence-electron chi connectivity index (χ1n) is 4.42. The maximum absolute atomic E-state index is 7.57. The Morgan fingerprint density at radius 3 is 1.36 bits per heavy atom. The summed E-state index contributed by atoms with van der Waals surface area (Å²) in [5.74, 6) is 0. The fourth-order valence-electron chi connectivity index (χ4n) is 0.354. The van der Waals surface area contributed by atoms with Gasteiger partial charge in [-0.1, -0.05) is 39.2 Å². The first-order chi connectivity index (χ1) is 5.24. The Morgan fingerprint density at radius 2 is 1.36 bits per heavy atom. The topological polar surface area (TPSA) is 20.2 Å². The van der Waals surface area contributed by atoms with E-state index in [1.165, 1.54) is 19.3 Å². The van der Waals surface area contributed by atoms with Crippen molar-refractivity contribution >= 4 is 0 Å². The number of allylic oxidation sites excluding steroid dienone is 1. The van der Waals surface area contributed by atoms with Crippen molar-refractivity contribution < 1.29 is 5.11 Å². The van der Waals surface area contributed by atoms with Gasteiger partial charge in [-0.2, -0.15) is 0 Å². The number of aliphatic hydroxyl groups excluding tert-OH is 1. The first-order valence-corrected chi connectivity index (χ1v) is 4.42. The minimum Gasteiger partial charge on any atom is -0.397 e. The quantitative estimate of drug-likeness (QED) is 0.614. The van der Waals surface area contributed by atoms with Crippen LogP contribution in [0.2, 0.25) is 0 Å². The lowest BCUT2D eigenvalue weighted by Crippen LogP contribution is -1.59. The van der Waals surface area contributed by atoms with E-state index in [1.807, 2.05) is 6.92 Å². The molecule has 0 aromatic heterocycles. The smallest absolute Gasteiger partial charge is 0.0402 e. The maximum Gasteiger partial charge on any atom is 0.0402 e. The number of aliphatic hydroxyl groups is 1. The second kappa shape index (κ2) is 33.2. The molecule has 0 radical (unpaired) electrons. The molecule has 0 fully saturated rings. The Hall–Kier alpha value is -0.300. The summed E-state index contributed by atoms with van der Waals surface area (Å²) in [4.78, 5) is 0. The summed E-state index contributed by atoms with van der Waals surface area (Å²) in [5.41, 5.74) is 0. The maximum atomic E-state index is 7.57. The normalized spacial score (nSPS) is 6.64. The summed E-state index contributed by atoms with van der Waals surface area (Å²) in [6, 6.07) is 0. The van der Waals surface area contributed by atoms with E-state index in [2.05, 4.69) is 20.4 Å². The first kappa shape index (κ1) is 17.0. The van der Waals surface area contributed by atoms with Crippen molar-refractivity contribution in [1.29, 1.82) is 0 Å². The molecule has 0 atom stereocenters. The second-order valence-electron chi connectivity index (χ2n) is 2.08. The van der Waals surface area contributed by atoms with E-state index in [-0.39, 0.29) is 6.61 Å². The van der Waals surface area contributed by atoms with Gasteiger partial charge in [0.05, 0.1) is 0 Å². The molecule has 0 bridgehead atoms. The van der Waals surface area contributed by atoms with Crippen LogP contribution < -0.4 is 0 Å². The number of hydrogen-bond donors (Lipinski definition) is 1. The molecule has 70 valence electrons. The fraction of sp³-hybridized carbons (Fsp3) is 0.800. The molecule has 0 aromatic carbocycles. The van der Waals surface area contributed by atoms with Gasteiger partial charge in [-0.15, -0.1) is 6.58 Å². The van der Waals surface area contributed by atoms with Crippen molar-refractivity contribution in [2.75, 3.05) is 6.61 Å². The molecule has 11 heavy (non-hydrogen) atoms. The van der Waals surface area contributed by atoms with Crippen LogP contribution in [0.5, 0.6) is 0 Å². The number of hydrogen-bond acceptors (Lipinski definition) is 1. The Bertz CT molecular complexity index is 40.1. The highest BCUT2D eigenvalue weighted by Crippen LogP contribution is 1.88. The van der Waals surface area contributed by atoms with Gasteiger partial charge in [0.1, 0.15) is 0 Å². The summed E-state index contributed by atoms with van der Waals surface area (Å²) in [6.45, 7) is 11.6. The molecule has 0 aliphatic heterocycles. The van der Waals surface area contributed by atoms with E-state index in [9.17, 15) is 0 Å². The number of rotatable bonds is 2. The van der Waals surface area contributed by atoms with E-state index in [1.54, 1.807) is 13.0 Å². The molecule has 0 aliphatic carbocycles. The third-order valence-corrected chi connectivity index (χ3v) is 0.707. The van der Waals surface area contributed by atoms with Gasteiger partial charge in [0.25, 0.3) is 0 Å². The van der Waals surface area contributed by atoms with Gasteiger partial charge in [-0.3, -0.25) is 0 Å². The van der Waals surface area contributed by atoms with Crippen LogP contribution in [-0.2, 0) is 0 Å². The zero-order chi connectivity index (χ0) is 9.54. The summed E-state index contributed by atoms with van der Waals surface area (Å²) in [5, 5.41) is 7.57. The van der Waals surface area contributed by atoms with Crippen LogP contribution in [0.1, 0.15) is 47.0 Å². The zero-order valence-electron chi connectivity index (χ0n) is 8.56. The standard InChI is InChI=1S/C5H12.C3H6.C2H6O/c1-3-5-4-2;1-3-2;1-2-3/h3-5H2,1-2H3;3H,1H2,2H3;3H,2H2,1H3. The molecule has 0 unspecified atom stereocenters. The molecule has 0 heterocycles. The van der Waals surface area contributed by atoms with Crippen LogP contribution in [0.25, 0.3) is 0 Å². The molecule has 1 nitrogen and oxygen atoms in total.